The molecule has 19 heavy (non-hydrogen) atoms. The van der Waals surface area contributed by atoms with E-state index in [1.54, 1.807) is 18.7 Å². The standard InChI is InChI=1S/C14H18N4O/c1-18-5-2-3-11(10-18)7-12-8-15-9-13(17-12)14-16-4-6-19-14/h4,6,8-9,11H,2-3,5,7,10H2,1H3. The predicted molar refractivity (Wildman–Crippen MR) is 71.5 cm³/mol. The first-order valence-corrected chi connectivity index (χ1v) is 6.70. The Labute approximate surface area is 112 Å². The van der Waals surface area contributed by atoms with Crippen molar-refractivity contribution in [2.75, 3.05) is 20.1 Å². The first-order chi connectivity index (χ1) is 9.31. The average molecular weight is 258 g/mol. The highest BCUT2D eigenvalue weighted by atomic mass is 16.3. The third-order valence-electron chi connectivity index (χ3n) is 3.56. The molecule has 0 bridgehead atoms. The van der Waals surface area contributed by atoms with Crippen molar-refractivity contribution >= 4 is 0 Å². The lowest BCUT2D eigenvalue weighted by atomic mass is 9.94. The zero-order valence-electron chi connectivity index (χ0n) is 11.1. The van der Waals surface area contributed by atoms with Gasteiger partial charge in [0.05, 0.1) is 18.1 Å². The number of aromatic nitrogens is 3. The molecule has 0 N–H and O–H groups in total. The third-order valence-corrected chi connectivity index (χ3v) is 3.56. The van der Waals surface area contributed by atoms with Crippen LogP contribution in [0, 0.1) is 5.92 Å². The summed E-state index contributed by atoms with van der Waals surface area (Å²) in [6.45, 7) is 2.35. The molecule has 0 aliphatic carbocycles. The summed E-state index contributed by atoms with van der Waals surface area (Å²) in [5, 5.41) is 0. The minimum atomic E-state index is 0.537. The minimum absolute atomic E-state index is 0.537. The van der Waals surface area contributed by atoms with E-state index in [1.165, 1.54) is 19.4 Å². The summed E-state index contributed by atoms with van der Waals surface area (Å²) >= 11 is 0. The van der Waals surface area contributed by atoms with Crippen molar-refractivity contribution < 1.29 is 4.42 Å². The Bertz CT molecular complexity index is 526. The van der Waals surface area contributed by atoms with Crippen molar-refractivity contribution in [2.45, 2.75) is 19.3 Å². The molecule has 0 radical (unpaired) electrons. The van der Waals surface area contributed by atoms with E-state index >= 15 is 0 Å². The van der Waals surface area contributed by atoms with Crippen LogP contribution in [0.15, 0.2) is 29.3 Å². The summed E-state index contributed by atoms with van der Waals surface area (Å²) in [7, 11) is 2.18. The van der Waals surface area contributed by atoms with Crippen LogP contribution in [0.25, 0.3) is 11.6 Å². The fraction of sp³-hybridized carbons (Fsp3) is 0.500. The average Bonchev–Trinajstić information content (AvgIpc) is 2.93. The van der Waals surface area contributed by atoms with Crippen LogP contribution in [0.3, 0.4) is 0 Å². The molecule has 2 aromatic heterocycles. The van der Waals surface area contributed by atoms with Gasteiger partial charge in [-0.25, -0.2) is 9.97 Å². The number of hydrogen-bond acceptors (Lipinski definition) is 5. The summed E-state index contributed by atoms with van der Waals surface area (Å²) in [6, 6.07) is 0. The van der Waals surface area contributed by atoms with Gasteiger partial charge in [-0.15, -0.1) is 0 Å². The molecule has 1 saturated heterocycles. The zero-order chi connectivity index (χ0) is 13.1. The van der Waals surface area contributed by atoms with E-state index < -0.39 is 0 Å². The first kappa shape index (κ1) is 12.3. The molecule has 2 aromatic rings. The maximum Gasteiger partial charge on any atom is 0.246 e. The summed E-state index contributed by atoms with van der Waals surface area (Å²) in [6.07, 6.45) is 10.2. The van der Waals surface area contributed by atoms with Crippen molar-refractivity contribution in [3.8, 4) is 11.6 Å². The smallest absolute Gasteiger partial charge is 0.246 e. The fourth-order valence-corrected chi connectivity index (χ4v) is 2.69. The van der Waals surface area contributed by atoms with Crippen molar-refractivity contribution in [3.05, 3.63) is 30.5 Å². The molecule has 100 valence electrons. The van der Waals surface area contributed by atoms with Gasteiger partial charge < -0.3 is 9.32 Å². The Kier molecular flexibility index (Phi) is 3.55. The molecular formula is C14H18N4O. The second kappa shape index (κ2) is 5.48. The van der Waals surface area contributed by atoms with Crippen LogP contribution in [0.4, 0.5) is 0 Å². The van der Waals surface area contributed by atoms with Gasteiger partial charge in [-0.3, -0.25) is 4.98 Å². The lowest BCUT2D eigenvalue weighted by Crippen LogP contribution is -2.33. The lowest BCUT2D eigenvalue weighted by Gasteiger charge is -2.29. The molecule has 0 amide bonds. The van der Waals surface area contributed by atoms with Gasteiger partial charge >= 0.3 is 0 Å². The lowest BCUT2D eigenvalue weighted by molar-refractivity contribution is 0.208. The Morgan fingerprint density at radius 3 is 3.16 bits per heavy atom. The van der Waals surface area contributed by atoms with Gasteiger partial charge in [0, 0.05) is 12.7 Å². The van der Waals surface area contributed by atoms with E-state index in [2.05, 4.69) is 26.9 Å². The molecule has 0 aromatic carbocycles. The maximum atomic E-state index is 5.26. The topological polar surface area (TPSA) is 55.1 Å². The predicted octanol–water partition coefficient (Wildman–Crippen LogP) is 2.02. The van der Waals surface area contributed by atoms with Crippen LogP contribution in [-0.2, 0) is 6.42 Å². The Morgan fingerprint density at radius 1 is 1.42 bits per heavy atom. The molecule has 0 spiro atoms. The largest absolute Gasteiger partial charge is 0.443 e. The number of hydrogen-bond donors (Lipinski definition) is 0. The zero-order valence-corrected chi connectivity index (χ0v) is 11.1. The molecule has 1 aliphatic rings. The molecule has 1 fully saturated rings. The SMILES string of the molecule is CN1CCCC(Cc2cncc(-c3ncco3)n2)C1. The highest BCUT2D eigenvalue weighted by Crippen LogP contribution is 2.20. The molecule has 3 rings (SSSR count). The van der Waals surface area contributed by atoms with E-state index in [0.29, 0.717) is 17.5 Å². The molecule has 1 unspecified atom stereocenters. The summed E-state index contributed by atoms with van der Waals surface area (Å²) < 4.78 is 5.26. The van der Waals surface area contributed by atoms with E-state index in [4.69, 9.17) is 4.42 Å². The van der Waals surface area contributed by atoms with Crippen molar-refractivity contribution in [1.29, 1.82) is 0 Å². The number of oxazole rings is 1. The summed E-state index contributed by atoms with van der Waals surface area (Å²) in [5.41, 5.74) is 1.74. The van der Waals surface area contributed by atoms with Gasteiger partial charge in [0.25, 0.3) is 0 Å². The third kappa shape index (κ3) is 2.98. The number of nitrogens with zero attached hydrogens (tertiary/aromatic N) is 4. The highest BCUT2D eigenvalue weighted by Gasteiger charge is 2.18. The molecule has 1 aliphatic heterocycles. The van der Waals surface area contributed by atoms with Gasteiger partial charge in [-0.05, 0) is 38.8 Å². The summed E-state index contributed by atoms with van der Waals surface area (Å²) in [4.78, 5) is 15.3. The normalized spacial score (nSPS) is 20.6. The molecule has 1 atom stereocenters. The number of piperidine rings is 1. The quantitative estimate of drug-likeness (QED) is 0.843. The van der Waals surface area contributed by atoms with Crippen LogP contribution in [0.5, 0.6) is 0 Å². The Morgan fingerprint density at radius 2 is 2.37 bits per heavy atom. The Hall–Kier alpha value is -1.75. The van der Waals surface area contributed by atoms with E-state index in [1.807, 2.05) is 6.20 Å². The van der Waals surface area contributed by atoms with Crippen LogP contribution in [0.2, 0.25) is 0 Å². The van der Waals surface area contributed by atoms with E-state index in [9.17, 15) is 0 Å². The second-order valence-corrected chi connectivity index (χ2v) is 5.21. The van der Waals surface area contributed by atoms with Gasteiger partial charge in [0.2, 0.25) is 5.89 Å². The molecule has 5 nitrogen and oxygen atoms in total. The van der Waals surface area contributed by atoms with Crippen LogP contribution >= 0.6 is 0 Å². The minimum Gasteiger partial charge on any atom is -0.443 e. The van der Waals surface area contributed by atoms with Gasteiger partial charge in [0.1, 0.15) is 12.0 Å². The monoisotopic (exact) mass is 258 g/mol. The fourth-order valence-electron chi connectivity index (χ4n) is 2.69. The van der Waals surface area contributed by atoms with Crippen LogP contribution in [0.1, 0.15) is 18.5 Å². The Balaban J connectivity index is 1.73. The molecule has 0 saturated carbocycles. The van der Waals surface area contributed by atoms with E-state index in [-0.39, 0.29) is 0 Å². The van der Waals surface area contributed by atoms with Crippen molar-refractivity contribution in [3.63, 3.8) is 0 Å². The number of likely N-dealkylation sites (tertiary alicyclic amines) is 1. The second-order valence-electron chi connectivity index (χ2n) is 5.21. The molecule has 3 heterocycles. The van der Waals surface area contributed by atoms with E-state index in [0.717, 1.165) is 18.7 Å². The van der Waals surface area contributed by atoms with Crippen molar-refractivity contribution in [1.82, 2.24) is 19.9 Å². The first-order valence-electron chi connectivity index (χ1n) is 6.70. The van der Waals surface area contributed by atoms with Crippen LogP contribution < -0.4 is 0 Å². The van der Waals surface area contributed by atoms with Gasteiger partial charge in [0.15, 0.2) is 0 Å². The van der Waals surface area contributed by atoms with Gasteiger partial charge in [-0.1, -0.05) is 0 Å². The molecule has 5 heteroatoms. The van der Waals surface area contributed by atoms with Gasteiger partial charge in [-0.2, -0.15) is 0 Å². The maximum absolute atomic E-state index is 5.26. The molecular weight excluding hydrogens is 240 g/mol. The highest BCUT2D eigenvalue weighted by molar-refractivity contribution is 5.44. The summed E-state index contributed by atoms with van der Waals surface area (Å²) in [5.74, 6) is 1.21. The van der Waals surface area contributed by atoms with Crippen molar-refractivity contribution in [2.24, 2.45) is 5.92 Å². The number of rotatable bonds is 3. The van der Waals surface area contributed by atoms with Crippen LogP contribution in [-0.4, -0.2) is 40.0 Å².